The average Bonchev–Trinajstić information content (AvgIpc) is 2.85. The van der Waals surface area contributed by atoms with Crippen molar-refractivity contribution in [2.75, 3.05) is 7.11 Å². The maximum Gasteiger partial charge on any atom is 0.127 e. The van der Waals surface area contributed by atoms with Crippen molar-refractivity contribution in [1.82, 2.24) is 0 Å². The van der Waals surface area contributed by atoms with Gasteiger partial charge in [0.1, 0.15) is 18.1 Å². The second-order valence-electron chi connectivity index (χ2n) is 14.8. The number of rotatable bonds is 9. The third-order valence-corrected chi connectivity index (χ3v) is 8.03. The van der Waals surface area contributed by atoms with Gasteiger partial charge >= 0.3 is 0 Å². The van der Waals surface area contributed by atoms with Gasteiger partial charge in [-0.3, -0.25) is 0 Å². The number of methoxy groups -OCH3 is 1. The van der Waals surface area contributed by atoms with Crippen molar-refractivity contribution < 1.29 is 9.47 Å². The molecule has 0 aromatic heterocycles. The van der Waals surface area contributed by atoms with Crippen LogP contribution in [0.1, 0.15) is 134 Å². The molecule has 0 aliphatic heterocycles. The van der Waals surface area contributed by atoms with Crippen LogP contribution >= 0.6 is 0 Å². The van der Waals surface area contributed by atoms with E-state index in [1.165, 1.54) is 33.4 Å². The molecule has 0 saturated heterocycles. The van der Waals surface area contributed by atoms with Crippen LogP contribution in [0.15, 0.2) is 54.6 Å². The van der Waals surface area contributed by atoms with Gasteiger partial charge in [0, 0.05) is 5.56 Å². The van der Waals surface area contributed by atoms with E-state index in [1.807, 2.05) is 12.1 Å². The molecule has 3 aromatic rings. The fraction of sp³-hybridized carbons (Fsp3) is 0.526. The number of ether oxygens (including phenoxy) is 2. The van der Waals surface area contributed by atoms with Gasteiger partial charge < -0.3 is 9.47 Å². The van der Waals surface area contributed by atoms with Gasteiger partial charge in [-0.15, -0.1) is 0 Å². The molecule has 218 valence electrons. The van der Waals surface area contributed by atoms with Gasteiger partial charge in [-0.1, -0.05) is 126 Å². The van der Waals surface area contributed by atoms with Gasteiger partial charge in [-0.05, 0) is 80.0 Å². The lowest BCUT2D eigenvalue weighted by molar-refractivity contribution is 0.292. The van der Waals surface area contributed by atoms with Crippen molar-refractivity contribution in [3.63, 3.8) is 0 Å². The topological polar surface area (TPSA) is 18.5 Å². The van der Waals surface area contributed by atoms with E-state index in [0.717, 1.165) is 23.5 Å². The summed E-state index contributed by atoms with van der Waals surface area (Å²) in [5.41, 5.74) is 9.64. The molecule has 0 fully saturated rings. The largest absolute Gasteiger partial charge is 0.496 e. The Kier molecular flexibility index (Phi) is 9.55. The van der Waals surface area contributed by atoms with Gasteiger partial charge in [0.15, 0.2) is 0 Å². The highest BCUT2D eigenvalue weighted by atomic mass is 16.5. The number of hydrogen-bond acceptors (Lipinski definition) is 2. The first-order valence-electron chi connectivity index (χ1n) is 15.0. The van der Waals surface area contributed by atoms with Crippen LogP contribution in [0.4, 0.5) is 0 Å². The minimum absolute atomic E-state index is 0.00859. The van der Waals surface area contributed by atoms with Crippen molar-refractivity contribution in [3.8, 4) is 11.5 Å². The Balaban J connectivity index is 1.96. The quantitative estimate of drug-likeness (QED) is 0.268. The highest BCUT2D eigenvalue weighted by Crippen LogP contribution is 2.41. The van der Waals surface area contributed by atoms with Crippen LogP contribution in [-0.4, -0.2) is 7.11 Å². The van der Waals surface area contributed by atoms with Gasteiger partial charge in [0.25, 0.3) is 0 Å². The Labute approximate surface area is 245 Å². The van der Waals surface area contributed by atoms with Crippen molar-refractivity contribution in [2.45, 2.75) is 124 Å². The summed E-state index contributed by atoms with van der Waals surface area (Å²) in [6.07, 6.45) is 1.01. The Bertz CT molecular complexity index is 1300. The summed E-state index contributed by atoms with van der Waals surface area (Å²) in [4.78, 5) is 0. The summed E-state index contributed by atoms with van der Waals surface area (Å²) in [5.74, 6) is 2.67. The van der Waals surface area contributed by atoms with E-state index in [9.17, 15) is 0 Å². The smallest absolute Gasteiger partial charge is 0.127 e. The summed E-state index contributed by atoms with van der Waals surface area (Å²) in [6, 6.07) is 20.0. The molecule has 0 atom stereocenters. The van der Waals surface area contributed by atoms with E-state index in [1.54, 1.807) is 7.11 Å². The van der Waals surface area contributed by atoms with Crippen molar-refractivity contribution in [3.05, 3.63) is 93.5 Å². The van der Waals surface area contributed by atoms with Crippen LogP contribution < -0.4 is 9.47 Å². The lowest BCUT2D eigenvalue weighted by atomic mass is 9.71. The zero-order valence-electron chi connectivity index (χ0n) is 27.6. The van der Waals surface area contributed by atoms with E-state index in [2.05, 4.69) is 126 Å². The summed E-state index contributed by atoms with van der Waals surface area (Å²) >= 11 is 0. The van der Waals surface area contributed by atoms with E-state index in [4.69, 9.17) is 9.47 Å². The predicted molar refractivity (Wildman–Crippen MR) is 173 cm³/mol. The molecule has 0 amide bonds. The molecular weight excluding hydrogens is 488 g/mol. The van der Waals surface area contributed by atoms with E-state index >= 15 is 0 Å². The van der Waals surface area contributed by atoms with E-state index in [0.29, 0.717) is 18.4 Å². The van der Waals surface area contributed by atoms with Gasteiger partial charge in [-0.2, -0.15) is 0 Å². The van der Waals surface area contributed by atoms with E-state index in [-0.39, 0.29) is 16.2 Å². The second-order valence-corrected chi connectivity index (χ2v) is 14.8. The molecule has 3 aromatic carbocycles. The van der Waals surface area contributed by atoms with Crippen LogP contribution in [0.3, 0.4) is 0 Å². The minimum Gasteiger partial charge on any atom is -0.496 e. The Morgan fingerprint density at radius 2 is 1.30 bits per heavy atom. The molecule has 0 radical (unpaired) electrons. The van der Waals surface area contributed by atoms with Crippen molar-refractivity contribution in [1.29, 1.82) is 0 Å². The van der Waals surface area contributed by atoms with Gasteiger partial charge in [0.05, 0.1) is 7.11 Å². The molecule has 0 bridgehead atoms. The molecular formula is C38H54O2. The highest BCUT2D eigenvalue weighted by molar-refractivity contribution is 5.49. The summed E-state index contributed by atoms with van der Waals surface area (Å²) in [6.45, 7) is 28.2. The van der Waals surface area contributed by atoms with E-state index < -0.39 is 0 Å². The summed E-state index contributed by atoms with van der Waals surface area (Å²) in [7, 11) is 1.73. The molecule has 0 aliphatic rings. The Hall–Kier alpha value is -2.74. The fourth-order valence-electron chi connectivity index (χ4n) is 6.17. The molecule has 0 N–H and O–H groups in total. The monoisotopic (exact) mass is 542 g/mol. The molecule has 0 saturated carbocycles. The molecule has 0 heterocycles. The van der Waals surface area contributed by atoms with Crippen LogP contribution in [0.5, 0.6) is 11.5 Å². The summed E-state index contributed by atoms with van der Waals surface area (Å²) in [5, 5.41) is 0. The lowest BCUT2D eigenvalue weighted by Crippen LogP contribution is -2.25. The fourth-order valence-corrected chi connectivity index (χ4v) is 6.17. The van der Waals surface area contributed by atoms with Crippen molar-refractivity contribution >= 4 is 0 Å². The van der Waals surface area contributed by atoms with Crippen LogP contribution in [0.2, 0.25) is 0 Å². The van der Waals surface area contributed by atoms with Crippen LogP contribution in [0.25, 0.3) is 0 Å². The lowest BCUT2D eigenvalue weighted by Gasteiger charge is -2.33. The molecule has 40 heavy (non-hydrogen) atoms. The highest BCUT2D eigenvalue weighted by Gasteiger charge is 2.29. The maximum atomic E-state index is 6.46. The summed E-state index contributed by atoms with van der Waals surface area (Å²) < 4.78 is 12.1. The van der Waals surface area contributed by atoms with Crippen LogP contribution in [0, 0.1) is 0 Å². The SMILES string of the molecule is COc1cccc(OCc2ccc(C(C)(C)Cc3cccc(C(C)(C)C)c3C(C)C)c(C(C)C)c2)c1C(C)(C)C. The zero-order valence-corrected chi connectivity index (χ0v) is 27.6. The minimum atomic E-state index is -0.0853. The Morgan fingerprint density at radius 3 is 1.85 bits per heavy atom. The molecule has 2 heteroatoms. The third kappa shape index (κ3) is 7.12. The molecule has 2 nitrogen and oxygen atoms in total. The third-order valence-electron chi connectivity index (χ3n) is 8.03. The molecule has 0 spiro atoms. The number of benzene rings is 3. The standard InChI is InChI=1S/C38H54O2/c1-25(2)29-22-27(24-40-33-19-15-18-32(39-13)35(33)37(8,9)10)20-21-30(29)38(11,12)23-28-16-14-17-31(36(5,6)7)34(28)26(3)4/h14-22,25-26H,23-24H2,1-13H3. The zero-order chi connectivity index (χ0) is 30.0. The maximum absolute atomic E-state index is 6.46. The van der Waals surface area contributed by atoms with Gasteiger partial charge in [0.2, 0.25) is 0 Å². The normalized spacial score (nSPS) is 12.8. The first-order chi connectivity index (χ1) is 18.5. The van der Waals surface area contributed by atoms with Crippen LogP contribution in [-0.2, 0) is 29.3 Å². The predicted octanol–water partition coefficient (Wildman–Crippen LogP) is 10.6. The van der Waals surface area contributed by atoms with Crippen molar-refractivity contribution in [2.24, 2.45) is 0 Å². The first kappa shape index (κ1) is 31.8. The molecule has 3 rings (SSSR count). The second kappa shape index (κ2) is 12.0. The molecule has 0 aliphatic carbocycles. The first-order valence-corrected chi connectivity index (χ1v) is 15.0. The van der Waals surface area contributed by atoms with Gasteiger partial charge in [-0.25, -0.2) is 0 Å². The molecule has 0 unspecified atom stereocenters. The number of hydrogen-bond donors (Lipinski definition) is 0. The average molecular weight is 543 g/mol. The Morgan fingerprint density at radius 1 is 0.675 bits per heavy atom.